The van der Waals surface area contributed by atoms with E-state index in [1.54, 1.807) is 23.2 Å². The fraction of sp³-hybridized carbons (Fsp3) is 0.303. The second-order valence-corrected chi connectivity index (χ2v) is 11.2. The number of ether oxygens (including phenoxy) is 1. The number of benzene rings is 3. The number of phenols is 1. The van der Waals surface area contributed by atoms with E-state index in [0.717, 1.165) is 16.7 Å². The van der Waals surface area contributed by atoms with Gasteiger partial charge in [-0.3, -0.25) is 9.59 Å². The first-order valence-electron chi connectivity index (χ1n) is 14.3. The summed E-state index contributed by atoms with van der Waals surface area (Å²) in [7, 11) is 1.38. The van der Waals surface area contributed by atoms with Crippen LogP contribution in [0.25, 0.3) is 11.1 Å². The molecule has 1 saturated heterocycles. The summed E-state index contributed by atoms with van der Waals surface area (Å²) in [6.45, 7) is 0.870. The predicted molar refractivity (Wildman–Crippen MR) is 162 cm³/mol. The Kier molecular flexibility index (Phi) is 7.75. The number of aliphatic imine (C=N–C) groups is 3. The lowest BCUT2D eigenvalue weighted by molar-refractivity contribution is -0.157. The molecule has 0 radical (unpaired) electrons. The van der Waals surface area contributed by atoms with Gasteiger partial charge in [0.05, 0.1) is 24.5 Å². The molecule has 6 rings (SSSR count). The molecule has 0 spiro atoms. The van der Waals surface area contributed by atoms with E-state index < -0.39 is 5.41 Å². The number of fused-ring (bicyclic) bond motifs is 1. The molecule has 2 unspecified atom stereocenters. The standard InChI is InChI=1S/C33H32FN5O4/c1-43-32(42)33(18-22-7-11-24(34)12-8-22)13-15-39(16-14-33)28(40)17-21-5-9-23(10-6-21)25-3-2-4-26(29(25)41)30-37-27-19-35-20-36-31(27)38-30/h2-12,19-20,27,31,41H,13-18H2,1H3,(H,37,38). The molecular formula is C33H32FN5O4. The van der Waals surface area contributed by atoms with Crippen LogP contribution in [0.3, 0.4) is 0 Å². The Labute approximate surface area is 248 Å². The maximum absolute atomic E-state index is 13.4. The van der Waals surface area contributed by atoms with E-state index in [0.29, 0.717) is 49.3 Å². The van der Waals surface area contributed by atoms with Gasteiger partial charge < -0.3 is 20.1 Å². The molecule has 0 aliphatic carbocycles. The Hall–Kier alpha value is -4.86. The Morgan fingerprint density at radius 3 is 2.42 bits per heavy atom. The number of hydrogen-bond acceptors (Lipinski definition) is 8. The Bertz CT molecular complexity index is 1610. The molecule has 3 heterocycles. The number of likely N-dealkylation sites (tertiary alicyclic amines) is 1. The number of halogens is 1. The minimum Gasteiger partial charge on any atom is -0.507 e. The normalized spacial score (nSPS) is 20.2. The number of esters is 1. The second-order valence-electron chi connectivity index (χ2n) is 11.2. The highest BCUT2D eigenvalue weighted by molar-refractivity contribution is 6.06. The first-order chi connectivity index (χ1) is 20.8. The van der Waals surface area contributed by atoms with Crippen LogP contribution >= 0.6 is 0 Å². The highest BCUT2D eigenvalue weighted by Gasteiger charge is 2.43. The quantitative estimate of drug-likeness (QED) is 0.411. The molecule has 0 saturated carbocycles. The van der Waals surface area contributed by atoms with E-state index in [1.807, 2.05) is 42.5 Å². The number of nitrogens with zero attached hydrogens (tertiary/aromatic N) is 4. The molecule has 0 bridgehead atoms. The first-order valence-corrected chi connectivity index (χ1v) is 14.3. The number of aromatic hydroxyl groups is 1. The zero-order valence-electron chi connectivity index (χ0n) is 23.7. The molecule has 3 aliphatic heterocycles. The van der Waals surface area contributed by atoms with Gasteiger partial charge in [0.1, 0.15) is 29.8 Å². The number of amides is 1. The van der Waals surface area contributed by atoms with Crippen LogP contribution in [-0.2, 0) is 27.2 Å². The Balaban J connectivity index is 1.10. The van der Waals surface area contributed by atoms with Crippen LogP contribution in [0.15, 0.2) is 81.7 Å². The molecule has 2 atom stereocenters. The average molecular weight is 582 g/mol. The monoisotopic (exact) mass is 581 g/mol. The molecule has 220 valence electrons. The fourth-order valence-electron chi connectivity index (χ4n) is 6.01. The minimum absolute atomic E-state index is 0.0178. The van der Waals surface area contributed by atoms with Crippen LogP contribution in [0, 0.1) is 11.2 Å². The summed E-state index contributed by atoms with van der Waals surface area (Å²) < 4.78 is 18.5. The van der Waals surface area contributed by atoms with E-state index in [1.165, 1.54) is 25.6 Å². The topological polar surface area (TPSA) is 116 Å². The molecule has 1 fully saturated rings. The van der Waals surface area contributed by atoms with Crippen molar-refractivity contribution in [2.24, 2.45) is 20.4 Å². The Morgan fingerprint density at radius 2 is 1.72 bits per heavy atom. The summed E-state index contributed by atoms with van der Waals surface area (Å²) >= 11 is 0. The molecule has 1 amide bonds. The van der Waals surface area contributed by atoms with Crippen molar-refractivity contribution in [1.82, 2.24) is 10.2 Å². The second kappa shape index (κ2) is 11.8. The number of piperidine rings is 1. The van der Waals surface area contributed by atoms with Crippen molar-refractivity contribution in [2.75, 3.05) is 20.2 Å². The number of amidine groups is 1. The van der Waals surface area contributed by atoms with Gasteiger partial charge in [-0.25, -0.2) is 19.4 Å². The molecule has 2 N–H and O–H groups in total. The van der Waals surface area contributed by atoms with Gasteiger partial charge >= 0.3 is 5.97 Å². The van der Waals surface area contributed by atoms with Gasteiger partial charge in [-0.05, 0) is 54.2 Å². The summed E-state index contributed by atoms with van der Waals surface area (Å²) in [6.07, 6.45) is 4.54. The van der Waals surface area contributed by atoms with Crippen molar-refractivity contribution < 1.29 is 23.8 Å². The number of carbonyl (C=O) groups is 2. The van der Waals surface area contributed by atoms with E-state index in [4.69, 9.17) is 4.74 Å². The zero-order chi connectivity index (χ0) is 30.0. The lowest BCUT2D eigenvalue weighted by Crippen LogP contribution is -2.48. The maximum atomic E-state index is 13.4. The number of methoxy groups -OCH3 is 1. The van der Waals surface area contributed by atoms with E-state index in [-0.39, 0.29) is 42.1 Å². The van der Waals surface area contributed by atoms with Gasteiger partial charge in [0, 0.05) is 24.9 Å². The third-order valence-corrected chi connectivity index (χ3v) is 8.48. The van der Waals surface area contributed by atoms with Crippen molar-refractivity contribution >= 4 is 30.3 Å². The molecule has 3 aromatic carbocycles. The van der Waals surface area contributed by atoms with Gasteiger partial charge in [-0.2, -0.15) is 0 Å². The Morgan fingerprint density at radius 1 is 1.02 bits per heavy atom. The van der Waals surface area contributed by atoms with Crippen LogP contribution < -0.4 is 5.32 Å². The van der Waals surface area contributed by atoms with Gasteiger partial charge in [-0.1, -0.05) is 48.5 Å². The van der Waals surface area contributed by atoms with Gasteiger partial charge in [0.25, 0.3) is 0 Å². The van der Waals surface area contributed by atoms with Crippen molar-refractivity contribution in [2.45, 2.75) is 37.9 Å². The van der Waals surface area contributed by atoms with E-state index >= 15 is 0 Å². The van der Waals surface area contributed by atoms with Gasteiger partial charge in [0.2, 0.25) is 5.91 Å². The predicted octanol–water partition coefficient (Wildman–Crippen LogP) is 3.92. The lowest BCUT2D eigenvalue weighted by Gasteiger charge is -2.40. The molecular weight excluding hydrogens is 549 g/mol. The summed E-state index contributed by atoms with van der Waals surface area (Å²) in [6, 6.07) is 19.1. The first kappa shape index (κ1) is 28.3. The third-order valence-electron chi connectivity index (χ3n) is 8.48. The number of rotatable bonds is 7. The van der Waals surface area contributed by atoms with Gasteiger partial charge in [-0.15, -0.1) is 0 Å². The molecule has 9 nitrogen and oxygen atoms in total. The molecule has 0 aromatic heterocycles. The van der Waals surface area contributed by atoms with E-state index in [9.17, 15) is 19.1 Å². The zero-order valence-corrected chi connectivity index (χ0v) is 23.7. The van der Waals surface area contributed by atoms with Crippen molar-refractivity contribution in [3.63, 3.8) is 0 Å². The van der Waals surface area contributed by atoms with Crippen LogP contribution in [0.2, 0.25) is 0 Å². The summed E-state index contributed by atoms with van der Waals surface area (Å²) in [5.74, 6) is 0.0338. The molecule has 3 aliphatic rings. The molecule has 3 aromatic rings. The highest BCUT2D eigenvalue weighted by Crippen LogP contribution is 2.37. The fourth-order valence-corrected chi connectivity index (χ4v) is 6.01. The smallest absolute Gasteiger partial charge is 0.312 e. The average Bonchev–Trinajstić information content (AvgIpc) is 3.47. The van der Waals surface area contributed by atoms with Crippen molar-refractivity contribution in [1.29, 1.82) is 0 Å². The SMILES string of the molecule is COC(=O)C1(Cc2ccc(F)cc2)CCN(C(=O)Cc2ccc(-c3cccc(C4=NC5N=CN=CC5N4)c3O)cc2)CC1. The van der Waals surface area contributed by atoms with Crippen LogP contribution in [0.1, 0.15) is 29.5 Å². The molecule has 10 heteroatoms. The third kappa shape index (κ3) is 5.77. The van der Waals surface area contributed by atoms with E-state index in [2.05, 4.69) is 20.3 Å². The maximum Gasteiger partial charge on any atom is 0.312 e. The van der Waals surface area contributed by atoms with Crippen molar-refractivity contribution in [3.8, 4) is 16.9 Å². The molecule has 43 heavy (non-hydrogen) atoms. The van der Waals surface area contributed by atoms with Crippen LogP contribution in [-0.4, -0.2) is 72.7 Å². The minimum atomic E-state index is -0.750. The summed E-state index contributed by atoms with van der Waals surface area (Å²) in [4.78, 5) is 40.7. The van der Waals surface area contributed by atoms with Crippen LogP contribution in [0.4, 0.5) is 4.39 Å². The number of para-hydroxylation sites is 1. The largest absolute Gasteiger partial charge is 0.507 e. The highest BCUT2D eigenvalue weighted by atomic mass is 19.1. The number of phenolic OH excluding ortho intramolecular Hbond substituents is 1. The number of carbonyl (C=O) groups excluding carboxylic acids is 2. The van der Waals surface area contributed by atoms with Crippen LogP contribution in [0.5, 0.6) is 5.75 Å². The lowest BCUT2D eigenvalue weighted by atomic mass is 9.73. The van der Waals surface area contributed by atoms with Crippen molar-refractivity contribution in [3.05, 3.63) is 89.2 Å². The summed E-state index contributed by atoms with van der Waals surface area (Å²) in [5, 5.41) is 14.4. The van der Waals surface area contributed by atoms with Gasteiger partial charge in [0.15, 0.2) is 6.17 Å². The number of hydrogen-bond donors (Lipinski definition) is 2. The summed E-state index contributed by atoms with van der Waals surface area (Å²) in [5.41, 5.74) is 3.01. The number of nitrogens with one attached hydrogen (secondary N) is 1.